The number of carbonyl (C=O) groups is 1. The van der Waals surface area contributed by atoms with Crippen LogP contribution in [0, 0.1) is 11.7 Å². The van der Waals surface area contributed by atoms with Crippen LogP contribution in [-0.2, 0) is 4.74 Å². The highest BCUT2D eigenvalue weighted by Crippen LogP contribution is 2.18. The summed E-state index contributed by atoms with van der Waals surface area (Å²) in [6, 6.07) is 14.9. The monoisotopic (exact) mass is 352 g/mol. The van der Waals surface area contributed by atoms with Crippen LogP contribution in [0.2, 0.25) is 0 Å². The summed E-state index contributed by atoms with van der Waals surface area (Å²) in [6.07, 6.45) is 1.66. The van der Waals surface area contributed by atoms with Crippen molar-refractivity contribution in [3.8, 4) is 11.4 Å². The lowest BCUT2D eigenvalue weighted by molar-refractivity contribution is 0.0600. The van der Waals surface area contributed by atoms with Crippen LogP contribution >= 0.6 is 12.2 Å². The molecule has 1 aromatic heterocycles. The summed E-state index contributed by atoms with van der Waals surface area (Å²) in [4.78, 5) is 11.5. The fourth-order valence-electron chi connectivity index (χ4n) is 2.32. The second kappa shape index (κ2) is 7.23. The van der Waals surface area contributed by atoms with Gasteiger partial charge in [0, 0.05) is 5.56 Å². The first-order chi connectivity index (χ1) is 12.1. The van der Waals surface area contributed by atoms with Gasteiger partial charge in [0.1, 0.15) is 0 Å². The van der Waals surface area contributed by atoms with Crippen molar-refractivity contribution in [2.75, 3.05) is 7.11 Å². The van der Waals surface area contributed by atoms with Crippen LogP contribution in [0.4, 0.5) is 0 Å². The fourth-order valence-corrected chi connectivity index (χ4v) is 2.50. The number of hydrogen-bond donors (Lipinski definition) is 1. The second-order valence-electron chi connectivity index (χ2n) is 5.39. The molecule has 2 aromatic carbocycles. The number of aryl methyl sites for hydroxylation is 1. The number of carbonyl (C=O) groups excluding carboxylic acids is 1. The number of esters is 1. The largest absolute Gasteiger partial charge is 0.465 e. The quantitative estimate of drug-likeness (QED) is 0.442. The molecule has 0 aliphatic heterocycles. The van der Waals surface area contributed by atoms with Crippen LogP contribution in [-0.4, -0.2) is 34.2 Å². The Labute approximate surface area is 149 Å². The Balaban J connectivity index is 1.91. The number of H-pyrrole nitrogens is 1. The lowest BCUT2D eigenvalue weighted by Crippen LogP contribution is -2.01. The number of nitrogens with one attached hydrogen (secondary N) is 1. The Morgan fingerprint density at radius 1 is 1.28 bits per heavy atom. The van der Waals surface area contributed by atoms with Gasteiger partial charge in [-0.15, -0.1) is 0 Å². The molecule has 126 valence electrons. The molecule has 0 fully saturated rings. The molecule has 1 heterocycles. The molecule has 7 heteroatoms. The lowest BCUT2D eigenvalue weighted by Gasteiger charge is -2.02. The standard InChI is InChI=1S/C18H16N4O2S/c1-12-4-3-5-15(10-12)16-20-21-18(25)22(16)19-11-13-6-8-14(9-7-13)17(23)24-2/h3-11H,1-2H3,(H,21,25)/b19-11+. The van der Waals surface area contributed by atoms with Gasteiger partial charge in [-0.1, -0.05) is 35.9 Å². The molecule has 0 unspecified atom stereocenters. The van der Waals surface area contributed by atoms with E-state index in [1.807, 2.05) is 31.2 Å². The first kappa shape index (κ1) is 16.8. The van der Waals surface area contributed by atoms with Gasteiger partial charge in [-0.3, -0.25) is 0 Å². The summed E-state index contributed by atoms with van der Waals surface area (Å²) in [6.45, 7) is 2.02. The molecular formula is C18H16N4O2S. The molecule has 0 atom stereocenters. The van der Waals surface area contributed by atoms with E-state index in [0.29, 0.717) is 16.2 Å². The maximum absolute atomic E-state index is 11.5. The van der Waals surface area contributed by atoms with Crippen LogP contribution in [0.15, 0.2) is 53.6 Å². The van der Waals surface area contributed by atoms with Gasteiger partial charge in [-0.2, -0.15) is 14.9 Å². The van der Waals surface area contributed by atoms with E-state index in [1.54, 1.807) is 35.2 Å². The van der Waals surface area contributed by atoms with Gasteiger partial charge in [-0.05, 0) is 42.9 Å². The summed E-state index contributed by atoms with van der Waals surface area (Å²) in [5, 5.41) is 11.4. The van der Waals surface area contributed by atoms with E-state index < -0.39 is 0 Å². The molecule has 0 spiro atoms. The van der Waals surface area contributed by atoms with Crippen molar-refractivity contribution in [3.05, 3.63) is 70.0 Å². The zero-order valence-corrected chi connectivity index (χ0v) is 14.6. The van der Waals surface area contributed by atoms with Crippen LogP contribution in [0.3, 0.4) is 0 Å². The van der Waals surface area contributed by atoms with E-state index in [-0.39, 0.29) is 5.97 Å². The smallest absolute Gasteiger partial charge is 0.337 e. The third kappa shape index (κ3) is 3.72. The minimum atomic E-state index is -0.373. The molecule has 3 aromatic rings. The molecule has 1 N–H and O–H groups in total. The normalized spacial score (nSPS) is 11.0. The first-order valence-corrected chi connectivity index (χ1v) is 7.96. The predicted molar refractivity (Wildman–Crippen MR) is 98.4 cm³/mol. The maximum Gasteiger partial charge on any atom is 0.337 e. The summed E-state index contributed by atoms with van der Waals surface area (Å²) in [5.41, 5.74) is 3.36. The zero-order chi connectivity index (χ0) is 17.8. The molecule has 25 heavy (non-hydrogen) atoms. The topological polar surface area (TPSA) is 72.3 Å². The van der Waals surface area contributed by atoms with Crippen molar-refractivity contribution in [1.29, 1.82) is 0 Å². The van der Waals surface area contributed by atoms with Crippen LogP contribution in [0.1, 0.15) is 21.5 Å². The van der Waals surface area contributed by atoms with Gasteiger partial charge in [0.15, 0.2) is 5.82 Å². The molecule has 0 radical (unpaired) electrons. The molecule has 0 aliphatic rings. The van der Waals surface area contributed by atoms with Gasteiger partial charge in [0.2, 0.25) is 4.77 Å². The molecule has 0 aliphatic carbocycles. The highest BCUT2D eigenvalue weighted by molar-refractivity contribution is 7.71. The van der Waals surface area contributed by atoms with Crippen molar-refractivity contribution in [2.45, 2.75) is 6.92 Å². The number of ether oxygens (including phenoxy) is 1. The highest BCUT2D eigenvalue weighted by Gasteiger charge is 2.08. The first-order valence-electron chi connectivity index (χ1n) is 7.55. The third-order valence-corrected chi connectivity index (χ3v) is 3.84. The maximum atomic E-state index is 11.5. The van der Waals surface area contributed by atoms with Crippen molar-refractivity contribution >= 4 is 24.4 Å². The summed E-state index contributed by atoms with van der Waals surface area (Å²) < 4.78 is 6.65. The number of nitrogens with zero attached hydrogens (tertiary/aromatic N) is 3. The van der Waals surface area contributed by atoms with Gasteiger partial charge >= 0.3 is 5.97 Å². The molecular weight excluding hydrogens is 336 g/mol. The number of rotatable bonds is 4. The molecule has 6 nitrogen and oxygen atoms in total. The van der Waals surface area contributed by atoms with E-state index in [4.69, 9.17) is 12.2 Å². The highest BCUT2D eigenvalue weighted by atomic mass is 32.1. The molecule has 3 rings (SSSR count). The van der Waals surface area contributed by atoms with E-state index >= 15 is 0 Å². The minimum absolute atomic E-state index is 0.373. The number of aromatic amines is 1. The van der Waals surface area contributed by atoms with E-state index in [9.17, 15) is 4.79 Å². The molecule has 0 saturated carbocycles. The Morgan fingerprint density at radius 3 is 2.72 bits per heavy atom. The lowest BCUT2D eigenvalue weighted by atomic mass is 10.1. The number of benzene rings is 2. The Hall–Kier alpha value is -3.06. The van der Waals surface area contributed by atoms with Crippen molar-refractivity contribution < 1.29 is 9.53 Å². The van der Waals surface area contributed by atoms with Gasteiger partial charge < -0.3 is 4.74 Å². The van der Waals surface area contributed by atoms with Crippen molar-refractivity contribution in [1.82, 2.24) is 14.9 Å². The van der Waals surface area contributed by atoms with Crippen LogP contribution in [0.25, 0.3) is 11.4 Å². The Kier molecular flexibility index (Phi) is 4.85. The van der Waals surface area contributed by atoms with Crippen LogP contribution < -0.4 is 0 Å². The van der Waals surface area contributed by atoms with E-state index in [2.05, 4.69) is 20.0 Å². The second-order valence-corrected chi connectivity index (χ2v) is 5.78. The number of methoxy groups -OCH3 is 1. The number of aromatic nitrogens is 3. The Bertz CT molecular complexity index is 987. The number of hydrogen-bond acceptors (Lipinski definition) is 5. The van der Waals surface area contributed by atoms with Crippen LogP contribution in [0.5, 0.6) is 0 Å². The van der Waals surface area contributed by atoms with E-state index in [0.717, 1.165) is 16.7 Å². The molecule has 0 bridgehead atoms. The van der Waals surface area contributed by atoms with Gasteiger partial charge in [-0.25, -0.2) is 9.89 Å². The fraction of sp³-hybridized carbons (Fsp3) is 0.111. The third-order valence-electron chi connectivity index (χ3n) is 3.58. The minimum Gasteiger partial charge on any atom is -0.465 e. The predicted octanol–water partition coefficient (Wildman–Crippen LogP) is 3.58. The summed E-state index contributed by atoms with van der Waals surface area (Å²) >= 11 is 5.26. The zero-order valence-electron chi connectivity index (χ0n) is 13.8. The average Bonchev–Trinajstić information content (AvgIpc) is 3.00. The SMILES string of the molecule is COC(=O)c1ccc(/C=N/n2c(-c3cccc(C)c3)n[nH]c2=S)cc1. The summed E-state index contributed by atoms with van der Waals surface area (Å²) in [7, 11) is 1.35. The average molecular weight is 352 g/mol. The molecule has 0 amide bonds. The Morgan fingerprint density at radius 2 is 2.04 bits per heavy atom. The van der Waals surface area contributed by atoms with Crippen molar-refractivity contribution in [3.63, 3.8) is 0 Å². The van der Waals surface area contributed by atoms with Crippen molar-refractivity contribution in [2.24, 2.45) is 5.10 Å². The van der Waals surface area contributed by atoms with Gasteiger partial charge in [0.05, 0.1) is 18.9 Å². The summed E-state index contributed by atoms with van der Waals surface area (Å²) in [5.74, 6) is 0.262. The molecule has 0 saturated heterocycles. The van der Waals surface area contributed by atoms with E-state index in [1.165, 1.54) is 7.11 Å². The van der Waals surface area contributed by atoms with Gasteiger partial charge in [0.25, 0.3) is 0 Å².